The molecule has 0 atom stereocenters. The number of anilines is 1. The molecule has 0 heterocycles. The first-order chi connectivity index (χ1) is 8.40. The van der Waals surface area contributed by atoms with Crippen LogP contribution >= 0.6 is 15.9 Å². The molecule has 1 aromatic carbocycles. The lowest BCUT2D eigenvalue weighted by Gasteiger charge is -2.23. The van der Waals surface area contributed by atoms with Crippen molar-refractivity contribution in [2.24, 2.45) is 5.41 Å². The van der Waals surface area contributed by atoms with E-state index in [1.807, 2.05) is 32.0 Å². The van der Waals surface area contributed by atoms with Crippen LogP contribution in [0.2, 0.25) is 0 Å². The Balaban J connectivity index is 2.77. The Morgan fingerprint density at radius 1 is 1.39 bits per heavy atom. The predicted molar refractivity (Wildman–Crippen MR) is 75.0 cm³/mol. The first-order valence-corrected chi connectivity index (χ1v) is 6.36. The van der Waals surface area contributed by atoms with Gasteiger partial charge in [-0.25, -0.2) is 0 Å². The summed E-state index contributed by atoms with van der Waals surface area (Å²) < 4.78 is 10.8. The maximum Gasteiger partial charge on any atom is 0.313 e. The van der Waals surface area contributed by atoms with E-state index in [-0.39, 0.29) is 5.97 Å². The SMILES string of the molecule is COC(=O)C(C)(C)CNc1cc(OC)ccc1Br. The Hall–Kier alpha value is -1.23. The highest BCUT2D eigenvalue weighted by molar-refractivity contribution is 9.10. The molecule has 0 aliphatic carbocycles. The van der Waals surface area contributed by atoms with Crippen LogP contribution < -0.4 is 10.1 Å². The second-order valence-corrected chi connectivity index (χ2v) is 5.43. The van der Waals surface area contributed by atoms with Crippen LogP contribution in [-0.2, 0) is 9.53 Å². The second-order valence-electron chi connectivity index (χ2n) is 4.57. The molecule has 0 saturated carbocycles. The van der Waals surface area contributed by atoms with Gasteiger partial charge in [0, 0.05) is 17.1 Å². The minimum absolute atomic E-state index is 0.242. The highest BCUT2D eigenvalue weighted by atomic mass is 79.9. The summed E-state index contributed by atoms with van der Waals surface area (Å²) in [7, 11) is 3.01. The lowest BCUT2D eigenvalue weighted by molar-refractivity contribution is -0.149. The molecule has 5 heteroatoms. The third-order valence-corrected chi connectivity index (χ3v) is 3.32. The number of nitrogens with one attached hydrogen (secondary N) is 1. The first kappa shape index (κ1) is 14.8. The normalized spacial score (nSPS) is 10.9. The molecule has 0 spiro atoms. The van der Waals surface area contributed by atoms with E-state index in [1.54, 1.807) is 7.11 Å². The van der Waals surface area contributed by atoms with E-state index >= 15 is 0 Å². The van der Waals surface area contributed by atoms with E-state index in [0.717, 1.165) is 15.9 Å². The molecule has 0 bridgehead atoms. The lowest BCUT2D eigenvalue weighted by Crippen LogP contribution is -2.33. The minimum atomic E-state index is -0.586. The molecule has 0 aliphatic heterocycles. The van der Waals surface area contributed by atoms with E-state index in [9.17, 15) is 4.79 Å². The van der Waals surface area contributed by atoms with Crippen molar-refractivity contribution >= 4 is 27.6 Å². The molecule has 0 saturated heterocycles. The summed E-state index contributed by atoms with van der Waals surface area (Å²) in [5.74, 6) is 0.519. The lowest BCUT2D eigenvalue weighted by atomic mass is 9.93. The molecule has 18 heavy (non-hydrogen) atoms. The van der Waals surface area contributed by atoms with Gasteiger partial charge in [-0.2, -0.15) is 0 Å². The average Bonchev–Trinajstić information content (AvgIpc) is 2.36. The molecule has 0 fully saturated rings. The van der Waals surface area contributed by atoms with Gasteiger partial charge in [0.25, 0.3) is 0 Å². The Kier molecular flexibility index (Phi) is 5.02. The van der Waals surface area contributed by atoms with Crippen molar-refractivity contribution in [3.8, 4) is 5.75 Å². The fraction of sp³-hybridized carbons (Fsp3) is 0.462. The van der Waals surface area contributed by atoms with Gasteiger partial charge >= 0.3 is 5.97 Å². The number of carbonyl (C=O) groups is 1. The number of esters is 1. The van der Waals surface area contributed by atoms with Crippen molar-refractivity contribution in [2.45, 2.75) is 13.8 Å². The summed E-state index contributed by atoms with van der Waals surface area (Å²) in [5.41, 5.74) is 0.295. The highest BCUT2D eigenvalue weighted by Gasteiger charge is 2.28. The quantitative estimate of drug-likeness (QED) is 0.848. The molecule has 0 aromatic heterocycles. The Morgan fingerprint density at radius 3 is 2.61 bits per heavy atom. The Bertz CT molecular complexity index is 432. The molecule has 1 N–H and O–H groups in total. The maximum atomic E-state index is 11.6. The average molecular weight is 316 g/mol. The van der Waals surface area contributed by atoms with Crippen LogP contribution in [0.5, 0.6) is 5.75 Å². The van der Waals surface area contributed by atoms with Crippen LogP contribution in [-0.4, -0.2) is 26.7 Å². The molecule has 4 nitrogen and oxygen atoms in total. The zero-order valence-corrected chi connectivity index (χ0v) is 12.6. The summed E-state index contributed by atoms with van der Waals surface area (Å²) >= 11 is 3.45. The molecular weight excluding hydrogens is 298 g/mol. The number of ether oxygens (including phenoxy) is 2. The van der Waals surface area contributed by atoms with E-state index in [2.05, 4.69) is 21.2 Å². The molecule has 0 aliphatic rings. The topological polar surface area (TPSA) is 47.6 Å². The van der Waals surface area contributed by atoms with E-state index in [0.29, 0.717) is 6.54 Å². The number of hydrogen-bond donors (Lipinski definition) is 1. The minimum Gasteiger partial charge on any atom is -0.497 e. The smallest absolute Gasteiger partial charge is 0.313 e. The monoisotopic (exact) mass is 315 g/mol. The van der Waals surface area contributed by atoms with Gasteiger partial charge in [0.05, 0.1) is 25.3 Å². The van der Waals surface area contributed by atoms with Crippen LogP contribution in [0, 0.1) is 5.41 Å². The van der Waals surface area contributed by atoms with Gasteiger partial charge in [-0.1, -0.05) is 0 Å². The number of methoxy groups -OCH3 is 2. The van der Waals surface area contributed by atoms with Crippen molar-refractivity contribution in [1.82, 2.24) is 0 Å². The maximum absolute atomic E-state index is 11.6. The van der Waals surface area contributed by atoms with Gasteiger partial charge < -0.3 is 14.8 Å². The summed E-state index contributed by atoms with van der Waals surface area (Å²) in [6.45, 7) is 4.14. The van der Waals surface area contributed by atoms with Crippen molar-refractivity contribution in [3.63, 3.8) is 0 Å². The number of halogens is 1. The van der Waals surface area contributed by atoms with Gasteiger partial charge in [0.2, 0.25) is 0 Å². The van der Waals surface area contributed by atoms with E-state index in [1.165, 1.54) is 7.11 Å². The predicted octanol–water partition coefficient (Wildman–Crippen LogP) is 3.07. The van der Waals surface area contributed by atoms with E-state index in [4.69, 9.17) is 9.47 Å². The van der Waals surface area contributed by atoms with Crippen LogP contribution in [0.3, 0.4) is 0 Å². The molecule has 1 rings (SSSR count). The zero-order chi connectivity index (χ0) is 13.8. The summed E-state index contributed by atoms with van der Waals surface area (Å²) in [5, 5.41) is 3.22. The molecule has 0 unspecified atom stereocenters. The molecular formula is C13H18BrNO3. The number of carbonyl (C=O) groups excluding carboxylic acids is 1. The van der Waals surface area contributed by atoms with Gasteiger partial charge in [-0.15, -0.1) is 0 Å². The summed E-state index contributed by atoms with van der Waals surface area (Å²) in [6.07, 6.45) is 0. The third kappa shape index (κ3) is 3.63. The van der Waals surface area contributed by atoms with Crippen molar-refractivity contribution in [3.05, 3.63) is 22.7 Å². The fourth-order valence-electron chi connectivity index (χ4n) is 1.43. The molecule has 0 radical (unpaired) electrons. The van der Waals surface area contributed by atoms with Crippen molar-refractivity contribution < 1.29 is 14.3 Å². The third-order valence-electron chi connectivity index (χ3n) is 2.63. The summed E-state index contributed by atoms with van der Waals surface area (Å²) in [4.78, 5) is 11.6. The van der Waals surface area contributed by atoms with Crippen LogP contribution in [0.15, 0.2) is 22.7 Å². The zero-order valence-electron chi connectivity index (χ0n) is 11.0. The van der Waals surface area contributed by atoms with Gasteiger partial charge in [-0.3, -0.25) is 4.79 Å². The molecule has 0 amide bonds. The molecule has 100 valence electrons. The van der Waals surface area contributed by atoms with Crippen LogP contribution in [0.25, 0.3) is 0 Å². The number of benzene rings is 1. The molecule has 1 aromatic rings. The first-order valence-electron chi connectivity index (χ1n) is 5.56. The van der Waals surface area contributed by atoms with Gasteiger partial charge in [-0.05, 0) is 41.9 Å². The Labute approximate surface area is 116 Å². The standard InChI is InChI=1S/C13H18BrNO3/c1-13(2,12(16)18-4)8-15-11-7-9(17-3)5-6-10(11)14/h5-7,15H,8H2,1-4H3. The van der Waals surface area contributed by atoms with Crippen LogP contribution in [0.1, 0.15) is 13.8 Å². The Morgan fingerprint density at radius 2 is 2.06 bits per heavy atom. The van der Waals surface area contributed by atoms with Gasteiger partial charge in [0.15, 0.2) is 0 Å². The van der Waals surface area contributed by atoms with E-state index < -0.39 is 5.41 Å². The number of hydrogen-bond acceptors (Lipinski definition) is 4. The van der Waals surface area contributed by atoms with Crippen LogP contribution in [0.4, 0.5) is 5.69 Å². The van der Waals surface area contributed by atoms with Gasteiger partial charge in [0.1, 0.15) is 5.75 Å². The largest absolute Gasteiger partial charge is 0.497 e. The summed E-state index contributed by atoms with van der Waals surface area (Å²) in [6, 6.07) is 5.63. The van der Waals surface area contributed by atoms with Crippen molar-refractivity contribution in [2.75, 3.05) is 26.1 Å². The second kappa shape index (κ2) is 6.09. The fourth-order valence-corrected chi connectivity index (χ4v) is 1.82. The number of rotatable bonds is 5. The van der Waals surface area contributed by atoms with Crippen molar-refractivity contribution in [1.29, 1.82) is 0 Å². The highest BCUT2D eigenvalue weighted by Crippen LogP contribution is 2.28.